The molecule has 0 amide bonds. The second-order valence-electron chi connectivity index (χ2n) is 3.24. The minimum Gasteiger partial charge on any atom is -0.399 e. The first-order valence-corrected chi connectivity index (χ1v) is 4.98. The third-order valence-electron chi connectivity index (χ3n) is 2.39. The van der Waals surface area contributed by atoms with Crippen molar-refractivity contribution in [1.82, 2.24) is 4.90 Å². The van der Waals surface area contributed by atoms with Crippen LogP contribution < -0.4 is 5.73 Å². The summed E-state index contributed by atoms with van der Waals surface area (Å²) in [5.74, 6) is 0. The molecule has 0 aliphatic heterocycles. The number of rotatable bonds is 4. The lowest BCUT2D eigenvalue weighted by molar-refractivity contribution is 0.443. The summed E-state index contributed by atoms with van der Waals surface area (Å²) >= 11 is 0. The largest absolute Gasteiger partial charge is 0.399 e. The maximum absolute atomic E-state index is 5.62. The van der Waals surface area contributed by atoms with Gasteiger partial charge in [-0.3, -0.25) is 0 Å². The molecule has 0 heterocycles. The van der Waals surface area contributed by atoms with Crippen molar-refractivity contribution in [3.8, 4) is 0 Å². The Bertz CT molecular complexity index is 297. The Kier molecular flexibility index (Phi) is 3.57. The zero-order valence-corrected chi connectivity index (χ0v) is 8.96. The summed E-state index contributed by atoms with van der Waals surface area (Å²) in [4.78, 5) is 2.23. The van der Waals surface area contributed by atoms with E-state index < -0.39 is 0 Å². The van der Waals surface area contributed by atoms with Crippen LogP contribution in [-0.2, 0) is 0 Å². The molecular weight excluding hydrogens is 172 g/mol. The van der Waals surface area contributed by atoms with Crippen LogP contribution in [0.1, 0.15) is 19.4 Å². The summed E-state index contributed by atoms with van der Waals surface area (Å²) in [5, 5.41) is 0. The highest BCUT2D eigenvalue weighted by atomic mass is 15.1. The molecule has 1 rings (SSSR count). The van der Waals surface area contributed by atoms with Crippen LogP contribution in [0.25, 0.3) is 5.70 Å². The van der Waals surface area contributed by atoms with E-state index in [-0.39, 0.29) is 0 Å². The molecule has 14 heavy (non-hydrogen) atoms. The Balaban J connectivity index is 2.83. The van der Waals surface area contributed by atoms with Crippen LogP contribution in [-0.4, -0.2) is 18.0 Å². The van der Waals surface area contributed by atoms with Crippen molar-refractivity contribution in [2.75, 3.05) is 18.8 Å². The first-order valence-electron chi connectivity index (χ1n) is 4.98. The molecule has 0 saturated heterocycles. The fourth-order valence-electron chi connectivity index (χ4n) is 1.46. The zero-order valence-electron chi connectivity index (χ0n) is 8.96. The minimum absolute atomic E-state index is 0.793. The van der Waals surface area contributed by atoms with Crippen LogP contribution in [0.3, 0.4) is 0 Å². The number of nitrogens with two attached hydrogens (primary N) is 1. The topological polar surface area (TPSA) is 29.3 Å². The minimum atomic E-state index is 0.793. The molecule has 0 aliphatic carbocycles. The van der Waals surface area contributed by atoms with E-state index in [0.717, 1.165) is 30.0 Å². The quantitative estimate of drug-likeness (QED) is 0.739. The highest BCUT2D eigenvalue weighted by molar-refractivity contribution is 5.63. The smallest absolute Gasteiger partial charge is 0.0366 e. The lowest BCUT2D eigenvalue weighted by Crippen LogP contribution is -2.20. The van der Waals surface area contributed by atoms with Crippen molar-refractivity contribution in [3.05, 3.63) is 36.4 Å². The van der Waals surface area contributed by atoms with Crippen molar-refractivity contribution in [2.24, 2.45) is 0 Å². The van der Waals surface area contributed by atoms with Gasteiger partial charge in [0.1, 0.15) is 0 Å². The van der Waals surface area contributed by atoms with E-state index >= 15 is 0 Å². The Morgan fingerprint density at radius 2 is 1.71 bits per heavy atom. The summed E-state index contributed by atoms with van der Waals surface area (Å²) in [5.41, 5.74) is 8.62. The molecule has 76 valence electrons. The van der Waals surface area contributed by atoms with Gasteiger partial charge in [-0.05, 0) is 31.5 Å². The van der Waals surface area contributed by atoms with Gasteiger partial charge in [0.15, 0.2) is 0 Å². The first kappa shape index (κ1) is 10.6. The SMILES string of the molecule is C=C(c1ccc(N)cc1)N(CC)CC. The molecule has 0 unspecified atom stereocenters. The zero-order chi connectivity index (χ0) is 10.6. The number of anilines is 1. The number of benzene rings is 1. The molecule has 1 aromatic rings. The monoisotopic (exact) mass is 190 g/mol. The summed E-state index contributed by atoms with van der Waals surface area (Å²) < 4.78 is 0. The fraction of sp³-hybridized carbons (Fsp3) is 0.333. The van der Waals surface area contributed by atoms with Gasteiger partial charge in [0.05, 0.1) is 0 Å². The van der Waals surface area contributed by atoms with Crippen LogP contribution in [0.4, 0.5) is 5.69 Å². The summed E-state index contributed by atoms with van der Waals surface area (Å²) in [6.07, 6.45) is 0. The van der Waals surface area contributed by atoms with E-state index in [1.54, 1.807) is 0 Å². The highest BCUT2D eigenvalue weighted by Gasteiger charge is 2.04. The van der Waals surface area contributed by atoms with Crippen LogP contribution >= 0.6 is 0 Å². The number of hydrogen-bond donors (Lipinski definition) is 1. The standard InChI is InChI=1S/C12H18N2/c1-4-14(5-2)10(3)11-6-8-12(13)9-7-11/h6-9H,3-5,13H2,1-2H3. The molecule has 2 heteroatoms. The average Bonchev–Trinajstić information content (AvgIpc) is 2.20. The molecule has 0 atom stereocenters. The van der Waals surface area contributed by atoms with E-state index in [4.69, 9.17) is 5.73 Å². The van der Waals surface area contributed by atoms with E-state index in [9.17, 15) is 0 Å². The number of hydrogen-bond acceptors (Lipinski definition) is 2. The molecule has 0 radical (unpaired) electrons. The van der Waals surface area contributed by atoms with Crippen LogP contribution in [0, 0.1) is 0 Å². The lowest BCUT2D eigenvalue weighted by Gasteiger charge is -2.23. The predicted molar refractivity (Wildman–Crippen MR) is 62.8 cm³/mol. The van der Waals surface area contributed by atoms with Crippen LogP contribution in [0.5, 0.6) is 0 Å². The third kappa shape index (κ3) is 2.28. The molecule has 2 N–H and O–H groups in total. The molecule has 0 bridgehead atoms. The predicted octanol–water partition coefficient (Wildman–Crippen LogP) is 2.58. The molecule has 0 aromatic heterocycles. The van der Waals surface area contributed by atoms with Gasteiger partial charge in [0.25, 0.3) is 0 Å². The third-order valence-corrected chi connectivity index (χ3v) is 2.39. The first-order chi connectivity index (χ1) is 6.69. The maximum atomic E-state index is 5.62. The van der Waals surface area contributed by atoms with Gasteiger partial charge in [0, 0.05) is 24.5 Å². The fourth-order valence-corrected chi connectivity index (χ4v) is 1.46. The lowest BCUT2D eigenvalue weighted by atomic mass is 10.1. The summed E-state index contributed by atoms with van der Waals surface area (Å²) in [6.45, 7) is 10.3. The van der Waals surface area contributed by atoms with Crippen molar-refractivity contribution in [2.45, 2.75) is 13.8 Å². The number of nitrogens with zero attached hydrogens (tertiary/aromatic N) is 1. The summed E-state index contributed by atoms with van der Waals surface area (Å²) in [7, 11) is 0. The van der Waals surface area contributed by atoms with Crippen LogP contribution in [0.2, 0.25) is 0 Å². The highest BCUT2D eigenvalue weighted by Crippen LogP contribution is 2.17. The van der Waals surface area contributed by atoms with E-state index in [1.807, 2.05) is 24.3 Å². The molecule has 0 aliphatic rings. The van der Waals surface area contributed by atoms with E-state index in [2.05, 4.69) is 25.3 Å². The molecule has 0 fully saturated rings. The van der Waals surface area contributed by atoms with Gasteiger partial charge in [-0.15, -0.1) is 0 Å². The van der Waals surface area contributed by atoms with E-state index in [0.29, 0.717) is 0 Å². The van der Waals surface area contributed by atoms with Crippen LogP contribution in [0.15, 0.2) is 30.8 Å². The molecule has 1 aromatic carbocycles. The Morgan fingerprint density at radius 1 is 1.21 bits per heavy atom. The number of nitrogen functional groups attached to an aromatic ring is 1. The van der Waals surface area contributed by atoms with Crippen molar-refractivity contribution < 1.29 is 0 Å². The van der Waals surface area contributed by atoms with Gasteiger partial charge in [0.2, 0.25) is 0 Å². The normalized spacial score (nSPS) is 9.86. The average molecular weight is 190 g/mol. The second-order valence-corrected chi connectivity index (χ2v) is 3.24. The summed E-state index contributed by atoms with van der Waals surface area (Å²) in [6, 6.07) is 7.83. The van der Waals surface area contributed by atoms with Crippen molar-refractivity contribution >= 4 is 11.4 Å². The Labute approximate surface area is 86.0 Å². The second kappa shape index (κ2) is 4.70. The van der Waals surface area contributed by atoms with Gasteiger partial charge >= 0.3 is 0 Å². The van der Waals surface area contributed by atoms with Gasteiger partial charge < -0.3 is 10.6 Å². The van der Waals surface area contributed by atoms with Gasteiger partial charge in [-0.2, -0.15) is 0 Å². The van der Waals surface area contributed by atoms with E-state index in [1.165, 1.54) is 0 Å². The molecule has 0 spiro atoms. The Morgan fingerprint density at radius 3 is 2.14 bits per heavy atom. The molecular formula is C12H18N2. The van der Waals surface area contributed by atoms with Crippen molar-refractivity contribution in [1.29, 1.82) is 0 Å². The maximum Gasteiger partial charge on any atom is 0.0366 e. The molecule has 0 saturated carbocycles. The van der Waals surface area contributed by atoms with Gasteiger partial charge in [-0.25, -0.2) is 0 Å². The van der Waals surface area contributed by atoms with Gasteiger partial charge in [-0.1, -0.05) is 18.7 Å². The molecule has 2 nitrogen and oxygen atoms in total. The van der Waals surface area contributed by atoms with Crippen molar-refractivity contribution in [3.63, 3.8) is 0 Å². The Hall–Kier alpha value is -1.44.